The largest absolute Gasteiger partial charge is 0.325 e. The summed E-state index contributed by atoms with van der Waals surface area (Å²) in [5.74, 6) is -0.0378. The summed E-state index contributed by atoms with van der Waals surface area (Å²) in [6.07, 6.45) is 0. The van der Waals surface area contributed by atoms with Crippen LogP contribution in [0.1, 0.15) is 5.56 Å². The molecule has 2 aromatic carbocycles. The minimum atomic E-state index is -0.229. The first-order valence-electron chi connectivity index (χ1n) is 7.13. The van der Waals surface area contributed by atoms with Crippen molar-refractivity contribution in [1.82, 2.24) is 0 Å². The first-order chi connectivity index (χ1) is 11.4. The number of aryl methyl sites for hydroxylation is 1. The molecule has 0 aromatic heterocycles. The van der Waals surface area contributed by atoms with E-state index in [0.717, 1.165) is 11.3 Å². The monoisotopic (exact) mass is 382 g/mol. The van der Waals surface area contributed by atoms with E-state index >= 15 is 0 Å². The Hall–Kier alpha value is -1.69. The quantitative estimate of drug-likeness (QED) is 0.766. The summed E-state index contributed by atoms with van der Waals surface area (Å²) in [5, 5.41) is 6.34. The minimum absolute atomic E-state index is 0.152. The highest BCUT2D eigenvalue weighted by Gasteiger charge is 2.08. The number of benzene rings is 2. The van der Waals surface area contributed by atoms with Gasteiger partial charge < -0.3 is 10.6 Å². The number of carbonyl (C=O) groups is 2. The summed E-state index contributed by atoms with van der Waals surface area (Å²) in [5.41, 5.74) is 2.36. The maximum Gasteiger partial charge on any atom is 0.234 e. The van der Waals surface area contributed by atoms with Crippen LogP contribution >= 0.6 is 35.0 Å². The van der Waals surface area contributed by atoms with Gasteiger partial charge in [-0.25, -0.2) is 0 Å². The number of carbonyl (C=O) groups excluding carboxylic acids is 2. The average molecular weight is 383 g/mol. The van der Waals surface area contributed by atoms with Crippen LogP contribution in [0.4, 0.5) is 11.4 Å². The fourth-order valence-electron chi connectivity index (χ4n) is 1.85. The molecule has 2 N–H and O–H groups in total. The molecule has 0 unspecified atom stereocenters. The molecule has 0 aliphatic rings. The summed E-state index contributed by atoms with van der Waals surface area (Å²) in [7, 11) is 0. The van der Waals surface area contributed by atoms with Crippen LogP contribution in [0.2, 0.25) is 10.0 Å². The zero-order valence-electron chi connectivity index (χ0n) is 12.9. The molecule has 126 valence electrons. The highest BCUT2D eigenvalue weighted by molar-refractivity contribution is 8.00. The first-order valence-corrected chi connectivity index (χ1v) is 9.04. The van der Waals surface area contributed by atoms with Crippen molar-refractivity contribution in [2.24, 2.45) is 0 Å². The van der Waals surface area contributed by atoms with Gasteiger partial charge in [-0.2, -0.15) is 0 Å². The first kappa shape index (κ1) is 18.6. The number of nitrogens with one attached hydrogen (secondary N) is 2. The molecule has 0 spiro atoms. The highest BCUT2D eigenvalue weighted by atomic mass is 35.5. The summed E-state index contributed by atoms with van der Waals surface area (Å²) in [4.78, 5) is 23.7. The van der Waals surface area contributed by atoms with Crippen molar-refractivity contribution in [3.05, 3.63) is 58.1 Å². The van der Waals surface area contributed by atoms with Crippen molar-refractivity contribution in [3.8, 4) is 0 Å². The lowest BCUT2D eigenvalue weighted by Gasteiger charge is -2.08. The highest BCUT2D eigenvalue weighted by Crippen LogP contribution is 2.25. The van der Waals surface area contributed by atoms with E-state index in [1.54, 1.807) is 18.2 Å². The van der Waals surface area contributed by atoms with Gasteiger partial charge in [-0.05, 0) is 37.3 Å². The number of anilines is 2. The number of thioether (sulfide) groups is 1. The van der Waals surface area contributed by atoms with Crippen LogP contribution in [-0.4, -0.2) is 23.3 Å². The predicted octanol–water partition coefficient (Wildman–Crippen LogP) is 4.61. The van der Waals surface area contributed by atoms with Gasteiger partial charge in [-0.1, -0.05) is 40.9 Å². The van der Waals surface area contributed by atoms with Gasteiger partial charge in [0.2, 0.25) is 11.8 Å². The standard InChI is InChI=1S/C17H16Cl2N2O2S/c1-11-2-5-13(6-3-11)20-16(22)9-24-10-17(23)21-15-7-4-12(18)8-14(15)19/h2-8H,9-10H2,1H3,(H,20,22)(H,21,23). The number of hydrogen-bond donors (Lipinski definition) is 2. The Morgan fingerprint density at radius 2 is 1.58 bits per heavy atom. The van der Waals surface area contributed by atoms with E-state index in [4.69, 9.17) is 23.2 Å². The second-order valence-corrected chi connectivity index (χ2v) is 6.91. The Balaban J connectivity index is 1.73. The molecule has 4 nitrogen and oxygen atoms in total. The van der Waals surface area contributed by atoms with E-state index < -0.39 is 0 Å². The van der Waals surface area contributed by atoms with Crippen LogP contribution < -0.4 is 10.6 Å². The molecule has 2 rings (SSSR count). The second kappa shape index (κ2) is 8.97. The normalized spacial score (nSPS) is 10.3. The van der Waals surface area contributed by atoms with Gasteiger partial charge in [0.25, 0.3) is 0 Å². The third kappa shape index (κ3) is 6.07. The van der Waals surface area contributed by atoms with Gasteiger partial charge in [-0.3, -0.25) is 9.59 Å². The van der Waals surface area contributed by atoms with Gasteiger partial charge in [-0.15, -0.1) is 11.8 Å². The van der Waals surface area contributed by atoms with E-state index in [2.05, 4.69) is 10.6 Å². The summed E-state index contributed by atoms with van der Waals surface area (Å²) in [6.45, 7) is 1.98. The number of halogens is 2. The maximum atomic E-state index is 11.9. The molecule has 0 bridgehead atoms. The summed E-state index contributed by atoms with van der Waals surface area (Å²) < 4.78 is 0. The molecular weight excluding hydrogens is 367 g/mol. The van der Waals surface area contributed by atoms with Crippen molar-refractivity contribution in [2.75, 3.05) is 22.1 Å². The van der Waals surface area contributed by atoms with Crippen molar-refractivity contribution >= 4 is 58.2 Å². The topological polar surface area (TPSA) is 58.2 Å². The van der Waals surface area contributed by atoms with Crippen LogP contribution in [0.5, 0.6) is 0 Å². The van der Waals surface area contributed by atoms with E-state index in [1.165, 1.54) is 11.8 Å². The fraction of sp³-hybridized carbons (Fsp3) is 0.176. The molecule has 24 heavy (non-hydrogen) atoms. The zero-order valence-corrected chi connectivity index (χ0v) is 15.3. The third-order valence-electron chi connectivity index (χ3n) is 3.01. The van der Waals surface area contributed by atoms with Crippen LogP contribution in [0.3, 0.4) is 0 Å². The van der Waals surface area contributed by atoms with Gasteiger partial charge >= 0.3 is 0 Å². The predicted molar refractivity (Wildman–Crippen MR) is 102 cm³/mol. The van der Waals surface area contributed by atoms with Gasteiger partial charge in [0.1, 0.15) is 0 Å². The molecule has 7 heteroatoms. The lowest BCUT2D eigenvalue weighted by atomic mass is 10.2. The molecule has 0 saturated heterocycles. The van der Waals surface area contributed by atoms with Gasteiger partial charge in [0.15, 0.2) is 0 Å². The second-order valence-electron chi connectivity index (χ2n) is 5.08. The lowest BCUT2D eigenvalue weighted by Crippen LogP contribution is -2.18. The molecular formula is C17H16Cl2N2O2S. The lowest BCUT2D eigenvalue weighted by molar-refractivity contribution is -0.114. The Morgan fingerprint density at radius 3 is 2.21 bits per heavy atom. The van der Waals surface area contributed by atoms with E-state index in [1.807, 2.05) is 31.2 Å². The average Bonchev–Trinajstić information content (AvgIpc) is 2.52. The number of hydrogen-bond acceptors (Lipinski definition) is 3. The Kier molecular flexibility index (Phi) is 6.97. The molecule has 0 aliphatic heterocycles. The molecule has 0 atom stereocenters. The number of rotatable bonds is 6. The van der Waals surface area contributed by atoms with Crippen LogP contribution in [0.25, 0.3) is 0 Å². The molecule has 0 saturated carbocycles. The maximum absolute atomic E-state index is 11.9. The Labute approximate surface area is 154 Å². The van der Waals surface area contributed by atoms with Crippen molar-refractivity contribution in [1.29, 1.82) is 0 Å². The summed E-state index contributed by atoms with van der Waals surface area (Å²) >= 11 is 13.0. The molecule has 0 aliphatic carbocycles. The van der Waals surface area contributed by atoms with Crippen molar-refractivity contribution < 1.29 is 9.59 Å². The third-order valence-corrected chi connectivity index (χ3v) is 4.49. The van der Waals surface area contributed by atoms with E-state index in [-0.39, 0.29) is 23.3 Å². The van der Waals surface area contributed by atoms with Crippen LogP contribution in [0.15, 0.2) is 42.5 Å². The van der Waals surface area contributed by atoms with Crippen molar-refractivity contribution in [2.45, 2.75) is 6.92 Å². The molecule has 0 radical (unpaired) electrons. The van der Waals surface area contributed by atoms with E-state index in [9.17, 15) is 9.59 Å². The van der Waals surface area contributed by atoms with Crippen molar-refractivity contribution in [3.63, 3.8) is 0 Å². The summed E-state index contributed by atoms with van der Waals surface area (Å²) in [6, 6.07) is 12.4. The SMILES string of the molecule is Cc1ccc(NC(=O)CSCC(=O)Nc2ccc(Cl)cc2Cl)cc1. The van der Waals surface area contributed by atoms with Crippen LogP contribution in [0, 0.1) is 6.92 Å². The Bertz CT molecular complexity index is 736. The van der Waals surface area contributed by atoms with E-state index in [0.29, 0.717) is 15.7 Å². The zero-order chi connectivity index (χ0) is 17.5. The fourth-order valence-corrected chi connectivity index (χ4v) is 2.92. The number of amides is 2. The molecule has 2 amide bonds. The van der Waals surface area contributed by atoms with Crippen LogP contribution in [-0.2, 0) is 9.59 Å². The van der Waals surface area contributed by atoms with Gasteiger partial charge in [0, 0.05) is 10.7 Å². The molecule has 2 aromatic rings. The smallest absolute Gasteiger partial charge is 0.234 e. The van der Waals surface area contributed by atoms with Gasteiger partial charge in [0.05, 0.1) is 22.2 Å². The Morgan fingerprint density at radius 1 is 0.958 bits per heavy atom. The molecule has 0 fully saturated rings. The molecule has 0 heterocycles. The minimum Gasteiger partial charge on any atom is -0.325 e.